The third kappa shape index (κ3) is 2.03. The largest absolute Gasteiger partial charge is 0.416 e. The number of nitrogens with zero attached hydrogens (tertiary/aromatic N) is 3. The molecule has 0 spiro atoms. The Labute approximate surface area is 112 Å². The van der Waals surface area contributed by atoms with Crippen molar-refractivity contribution in [3.05, 3.63) is 54.0 Å². The highest BCUT2D eigenvalue weighted by atomic mass is 19.4. The zero-order valence-corrected chi connectivity index (χ0v) is 10.5. The lowest BCUT2D eigenvalue weighted by molar-refractivity contribution is -0.137. The lowest BCUT2D eigenvalue weighted by Crippen LogP contribution is -2.08. The average molecular weight is 277 g/mol. The fourth-order valence-corrected chi connectivity index (χ4v) is 2.15. The maximum Gasteiger partial charge on any atom is 0.416 e. The molecule has 102 valence electrons. The molecule has 2 heterocycles. The van der Waals surface area contributed by atoms with E-state index in [0.29, 0.717) is 5.82 Å². The van der Waals surface area contributed by atoms with Gasteiger partial charge >= 0.3 is 6.18 Å². The number of alkyl halides is 3. The number of aryl methyl sites for hydroxylation is 1. The van der Waals surface area contributed by atoms with Crippen molar-refractivity contribution in [1.82, 2.24) is 14.5 Å². The molecule has 6 heteroatoms. The highest BCUT2D eigenvalue weighted by Crippen LogP contribution is 2.30. The molecular formula is C14H10F3N3. The standard InChI is InChI=1S/C14H10F3N3/c1-9-19-11-4-2-3-5-12(11)20(9)13-8-10(6-7-18-13)14(15,16)17/h2-8H,1H3. The Hall–Kier alpha value is -2.37. The molecule has 1 aromatic carbocycles. The second kappa shape index (κ2) is 4.33. The van der Waals surface area contributed by atoms with E-state index in [4.69, 9.17) is 0 Å². The topological polar surface area (TPSA) is 30.7 Å². The molecule has 2 aromatic heterocycles. The number of fused-ring (bicyclic) bond motifs is 1. The summed E-state index contributed by atoms with van der Waals surface area (Å²) in [4.78, 5) is 8.35. The Morgan fingerprint density at radius 2 is 1.85 bits per heavy atom. The van der Waals surface area contributed by atoms with Crippen LogP contribution in [0.1, 0.15) is 11.4 Å². The maximum atomic E-state index is 12.8. The van der Waals surface area contributed by atoms with Gasteiger partial charge in [0.05, 0.1) is 16.6 Å². The Kier molecular flexibility index (Phi) is 2.74. The third-order valence-electron chi connectivity index (χ3n) is 3.03. The molecule has 3 nitrogen and oxygen atoms in total. The average Bonchev–Trinajstić information content (AvgIpc) is 2.73. The molecule has 0 saturated heterocycles. The minimum atomic E-state index is -4.39. The van der Waals surface area contributed by atoms with E-state index in [2.05, 4.69) is 9.97 Å². The number of aromatic nitrogens is 3. The van der Waals surface area contributed by atoms with Crippen LogP contribution in [-0.2, 0) is 6.18 Å². The SMILES string of the molecule is Cc1nc2ccccc2n1-c1cc(C(F)(F)F)ccn1. The van der Waals surface area contributed by atoms with Gasteiger partial charge in [-0.05, 0) is 31.2 Å². The minimum absolute atomic E-state index is 0.214. The summed E-state index contributed by atoms with van der Waals surface area (Å²) >= 11 is 0. The van der Waals surface area contributed by atoms with Crippen LogP contribution in [0.4, 0.5) is 13.2 Å². The Morgan fingerprint density at radius 3 is 2.60 bits per heavy atom. The van der Waals surface area contributed by atoms with E-state index in [1.807, 2.05) is 18.2 Å². The minimum Gasteiger partial charge on any atom is -0.281 e. The number of rotatable bonds is 1. The van der Waals surface area contributed by atoms with Crippen LogP contribution >= 0.6 is 0 Å². The first kappa shape index (κ1) is 12.7. The van der Waals surface area contributed by atoms with Crippen LogP contribution in [0.15, 0.2) is 42.6 Å². The summed E-state index contributed by atoms with van der Waals surface area (Å²) in [5, 5.41) is 0. The summed E-state index contributed by atoms with van der Waals surface area (Å²) in [6.45, 7) is 1.74. The van der Waals surface area contributed by atoms with Crippen LogP contribution in [0, 0.1) is 6.92 Å². The van der Waals surface area contributed by atoms with E-state index in [0.717, 1.165) is 29.4 Å². The number of imidazole rings is 1. The highest BCUT2D eigenvalue weighted by molar-refractivity contribution is 5.77. The lowest BCUT2D eigenvalue weighted by atomic mass is 10.2. The summed E-state index contributed by atoms with van der Waals surface area (Å²) in [6, 6.07) is 9.25. The molecular weight excluding hydrogens is 267 g/mol. The van der Waals surface area contributed by atoms with Gasteiger partial charge in [-0.25, -0.2) is 9.97 Å². The van der Waals surface area contributed by atoms with Gasteiger partial charge in [-0.3, -0.25) is 4.57 Å². The van der Waals surface area contributed by atoms with Gasteiger partial charge in [-0.15, -0.1) is 0 Å². The van der Waals surface area contributed by atoms with Crippen molar-refractivity contribution in [3.63, 3.8) is 0 Å². The van der Waals surface area contributed by atoms with Gasteiger partial charge in [0.1, 0.15) is 11.6 Å². The summed E-state index contributed by atoms with van der Waals surface area (Å²) in [6.07, 6.45) is -3.23. The van der Waals surface area contributed by atoms with Crippen molar-refractivity contribution in [1.29, 1.82) is 0 Å². The monoisotopic (exact) mass is 277 g/mol. The smallest absolute Gasteiger partial charge is 0.281 e. The molecule has 3 rings (SSSR count). The normalized spacial score (nSPS) is 12.0. The van der Waals surface area contributed by atoms with Crippen LogP contribution < -0.4 is 0 Å². The van der Waals surface area contributed by atoms with Crippen molar-refractivity contribution >= 4 is 11.0 Å². The van der Waals surface area contributed by atoms with Gasteiger partial charge in [-0.2, -0.15) is 13.2 Å². The van der Waals surface area contributed by atoms with Crippen molar-refractivity contribution in [3.8, 4) is 5.82 Å². The van der Waals surface area contributed by atoms with Crippen LogP contribution in [0.3, 0.4) is 0 Å². The first-order chi connectivity index (χ1) is 9.47. The van der Waals surface area contributed by atoms with E-state index in [9.17, 15) is 13.2 Å². The summed E-state index contributed by atoms with van der Waals surface area (Å²) in [7, 11) is 0. The van der Waals surface area contributed by atoms with Gasteiger partial charge in [0, 0.05) is 6.20 Å². The van der Waals surface area contributed by atoms with Gasteiger partial charge in [0.25, 0.3) is 0 Å². The number of halogens is 3. The fourth-order valence-electron chi connectivity index (χ4n) is 2.15. The zero-order valence-electron chi connectivity index (χ0n) is 10.5. The molecule has 0 amide bonds. The molecule has 0 aliphatic heterocycles. The maximum absolute atomic E-state index is 12.8. The third-order valence-corrected chi connectivity index (χ3v) is 3.03. The Balaban J connectivity index is 2.24. The summed E-state index contributed by atoms with van der Waals surface area (Å²) < 4.78 is 39.9. The number of hydrogen-bond acceptors (Lipinski definition) is 2. The first-order valence-corrected chi connectivity index (χ1v) is 5.94. The molecule has 0 N–H and O–H groups in total. The second-order valence-corrected chi connectivity index (χ2v) is 4.38. The summed E-state index contributed by atoms with van der Waals surface area (Å²) in [5.41, 5.74) is 0.737. The van der Waals surface area contributed by atoms with Crippen LogP contribution in [0.5, 0.6) is 0 Å². The van der Waals surface area contributed by atoms with E-state index in [-0.39, 0.29) is 5.82 Å². The highest BCUT2D eigenvalue weighted by Gasteiger charge is 2.31. The number of hydrogen-bond donors (Lipinski definition) is 0. The van der Waals surface area contributed by atoms with Crippen LogP contribution in [0.25, 0.3) is 16.9 Å². The molecule has 0 bridgehead atoms. The number of para-hydroxylation sites is 2. The molecule has 0 aliphatic carbocycles. The molecule has 0 saturated carbocycles. The predicted octanol–water partition coefficient (Wildman–Crippen LogP) is 3.75. The van der Waals surface area contributed by atoms with E-state index < -0.39 is 11.7 Å². The predicted molar refractivity (Wildman–Crippen MR) is 68.6 cm³/mol. The Morgan fingerprint density at radius 1 is 1.10 bits per heavy atom. The molecule has 20 heavy (non-hydrogen) atoms. The van der Waals surface area contributed by atoms with Gasteiger partial charge < -0.3 is 0 Å². The van der Waals surface area contributed by atoms with Crippen molar-refractivity contribution in [2.24, 2.45) is 0 Å². The van der Waals surface area contributed by atoms with E-state index in [1.165, 1.54) is 0 Å². The second-order valence-electron chi connectivity index (χ2n) is 4.38. The van der Waals surface area contributed by atoms with Crippen LogP contribution in [-0.4, -0.2) is 14.5 Å². The quantitative estimate of drug-likeness (QED) is 0.678. The van der Waals surface area contributed by atoms with E-state index >= 15 is 0 Å². The zero-order chi connectivity index (χ0) is 14.3. The van der Waals surface area contributed by atoms with E-state index in [1.54, 1.807) is 17.6 Å². The fraction of sp³-hybridized carbons (Fsp3) is 0.143. The Bertz CT molecular complexity index is 775. The molecule has 0 aliphatic rings. The van der Waals surface area contributed by atoms with Crippen LogP contribution in [0.2, 0.25) is 0 Å². The van der Waals surface area contributed by atoms with Crippen molar-refractivity contribution < 1.29 is 13.2 Å². The molecule has 0 unspecified atom stereocenters. The van der Waals surface area contributed by atoms with Crippen molar-refractivity contribution in [2.45, 2.75) is 13.1 Å². The number of pyridine rings is 1. The van der Waals surface area contributed by atoms with Crippen molar-refractivity contribution in [2.75, 3.05) is 0 Å². The molecule has 3 aromatic rings. The van der Waals surface area contributed by atoms with Gasteiger partial charge in [0.15, 0.2) is 0 Å². The molecule has 0 radical (unpaired) electrons. The molecule has 0 fully saturated rings. The summed E-state index contributed by atoms with van der Waals surface area (Å²) in [5.74, 6) is 0.809. The van der Waals surface area contributed by atoms with Gasteiger partial charge in [-0.1, -0.05) is 12.1 Å². The lowest BCUT2D eigenvalue weighted by Gasteiger charge is -2.10. The first-order valence-electron chi connectivity index (χ1n) is 5.94. The number of benzene rings is 1. The van der Waals surface area contributed by atoms with Gasteiger partial charge in [0.2, 0.25) is 0 Å². The molecule has 0 atom stereocenters.